The lowest BCUT2D eigenvalue weighted by Crippen LogP contribution is -2.45. The van der Waals surface area contributed by atoms with Crippen molar-refractivity contribution < 1.29 is 4.79 Å². The number of carbonyl (C=O) groups is 1. The monoisotopic (exact) mass is 324 g/mol. The Bertz CT molecular complexity index is 358. The Kier molecular flexibility index (Phi) is 7.31. The summed E-state index contributed by atoms with van der Waals surface area (Å²) in [6.45, 7) is 4.68. The lowest BCUT2D eigenvalue weighted by atomic mass is 9.71. The average Bonchev–Trinajstić information content (AvgIpc) is 2.56. The van der Waals surface area contributed by atoms with Gasteiger partial charge in [0.05, 0.1) is 0 Å². The van der Waals surface area contributed by atoms with Crippen molar-refractivity contribution >= 4 is 5.91 Å². The molecule has 0 bridgehead atoms. The summed E-state index contributed by atoms with van der Waals surface area (Å²) in [7, 11) is 4.33. The fraction of sp³-hybridized carbons (Fsp3) is 0.944. The van der Waals surface area contributed by atoms with E-state index in [1.54, 1.807) is 0 Å². The summed E-state index contributed by atoms with van der Waals surface area (Å²) in [4.78, 5) is 17.1. The van der Waals surface area contributed by atoms with Crippen LogP contribution >= 0.6 is 0 Å². The van der Waals surface area contributed by atoms with Crippen LogP contribution in [0.3, 0.4) is 0 Å². The van der Waals surface area contributed by atoms with Crippen LogP contribution in [0.25, 0.3) is 0 Å². The van der Waals surface area contributed by atoms with Gasteiger partial charge in [-0.15, -0.1) is 0 Å². The predicted octanol–water partition coefficient (Wildman–Crippen LogP) is 1.43. The van der Waals surface area contributed by atoms with Crippen LogP contribution in [0, 0.1) is 5.41 Å². The van der Waals surface area contributed by atoms with Crippen LogP contribution in [0.4, 0.5) is 0 Å². The number of nitrogens with one attached hydrogen (secondary N) is 1. The van der Waals surface area contributed by atoms with Gasteiger partial charge in [-0.25, -0.2) is 0 Å². The Balaban J connectivity index is 1.63. The van der Waals surface area contributed by atoms with E-state index in [-0.39, 0.29) is 11.3 Å². The minimum absolute atomic E-state index is 0.0758. The van der Waals surface area contributed by atoms with Gasteiger partial charge in [-0.2, -0.15) is 0 Å². The largest absolute Gasteiger partial charge is 0.355 e. The van der Waals surface area contributed by atoms with Crippen molar-refractivity contribution in [3.8, 4) is 0 Å². The number of hydrogen-bond acceptors (Lipinski definition) is 4. The summed E-state index contributed by atoms with van der Waals surface area (Å²) in [6.07, 6.45) is 9.08. The number of carbonyl (C=O) groups excluding carboxylic acids is 1. The maximum absolute atomic E-state index is 12.3. The summed E-state index contributed by atoms with van der Waals surface area (Å²) in [5.74, 6) is 0.195. The zero-order valence-corrected chi connectivity index (χ0v) is 15.1. The maximum atomic E-state index is 12.3. The first kappa shape index (κ1) is 18.7. The third-order valence-electron chi connectivity index (χ3n) is 5.92. The minimum atomic E-state index is 0.0758. The van der Waals surface area contributed by atoms with Crippen molar-refractivity contribution in [3.05, 3.63) is 0 Å². The molecule has 1 saturated heterocycles. The number of likely N-dealkylation sites (tertiary alicyclic amines) is 1. The molecule has 23 heavy (non-hydrogen) atoms. The number of nitrogens with zero attached hydrogens (tertiary/aromatic N) is 2. The topological polar surface area (TPSA) is 61.6 Å². The fourth-order valence-corrected chi connectivity index (χ4v) is 4.17. The molecule has 134 valence electrons. The molecule has 1 aliphatic carbocycles. The van der Waals surface area contributed by atoms with Crippen LogP contribution in [-0.4, -0.2) is 68.6 Å². The molecular weight excluding hydrogens is 288 g/mol. The predicted molar refractivity (Wildman–Crippen MR) is 95.3 cm³/mol. The lowest BCUT2D eigenvalue weighted by Gasteiger charge is -2.36. The minimum Gasteiger partial charge on any atom is -0.355 e. The second kappa shape index (κ2) is 9.00. The first-order valence-electron chi connectivity index (χ1n) is 9.40. The second-order valence-electron chi connectivity index (χ2n) is 7.83. The summed E-state index contributed by atoms with van der Waals surface area (Å²) in [5.41, 5.74) is 6.05. The summed E-state index contributed by atoms with van der Waals surface area (Å²) in [5, 5.41) is 3.12. The Labute approximate surface area is 142 Å². The van der Waals surface area contributed by atoms with Gasteiger partial charge in [0.2, 0.25) is 5.91 Å². The quantitative estimate of drug-likeness (QED) is 0.744. The first-order valence-corrected chi connectivity index (χ1v) is 9.40. The summed E-state index contributed by atoms with van der Waals surface area (Å²) >= 11 is 0. The van der Waals surface area contributed by atoms with Crippen molar-refractivity contribution in [1.82, 2.24) is 15.1 Å². The van der Waals surface area contributed by atoms with Gasteiger partial charge in [0.25, 0.3) is 0 Å². The Morgan fingerprint density at radius 1 is 1.22 bits per heavy atom. The van der Waals surface area contributed by atoms with E-state index in [9.17, 15) is 4.79 Å². The van der Waals surface area contributed by atoms with E-state index in [1.165, 1.54) is 32.1 Å². The van der Waals surface area contributed by atoms with E-state index >= 15 is 0 Å². The van der Waals surface area contributed by atoms with Crippen molar-refractivity contribution in [2.24, 2.45) is 11.1 Å². The standard InChI is InChI=1S/C18H36N4O/c1-21(2)16-6-11-22(12-7-16)13-10-20-17(23)14-18(15-19)8-4-3-5-9-18/h16H,3-15,19H2,1-2H3,(H,20,23). The van der Waals surface area contributed by atoms with Crippen LogP contribution in [0.5, 0.6) is 0 Å². The Morgan fingerprint density at radius 3 is 2.43 bits per heavy atom. The molecule has 0 spiro atoms. The summed E-state index contributed by atoms with van der Waals surface area (Å²) in [6, 6.07) is 0.719. The maximum Gasteiger partial charge on any atom is 0.220 e. The smallest absolute Gasteiger partial charge is 0.220 e. The second-order valence-corrected chi connectivity index (χ2v) is 7.83. The summed E-state index contributed by atoms with van der Waals surface area (Å²) < 4.78 is 0. The third-order valence-corrected chi connectivity index (χ3v) is 5.92. The molecule has 2 rings (SSSR count). The van der Waals surface area contributed by atoms with E-state index in [1.807, 2.05) is 0 Å². The zero-order chi connectivity index (χ0) is 16.7. The number of nitrogens with two attached hydrogens (primary N) is 1. The molecule has 2 aliphatic rings. The molecule has 5 heteroatoms. The van der Waals surface area contributed by atoms with Crippen molar-refractivity contribution in [2.45, 2.75) is 57.4 Å². The van der Waals surface area contributed by atoms with Gasteiger partial charge < -0.3 is 20.9 Å². The van der Waals surface area contributed by atoms with Crippen LogP contribution in [0.15, 0.2) is 0 Å². The van der Waals surface area contributed by atoms with Crippen LogP contribution < -0.4 is 11.1 Å². The van der Waals surface area contributed by atoms with Gasteiger partial charge in [-0.05, 0) is 64.8 Å². The number of hydrogen-bond donors (Lipinski definition) is 2. The van der Waals surface area contributed by atoms with E-state index in [0.29, 0.717) is 13.0 Å². The number of rotatable bonds is 7. The van der Waals surface area contributed by atoms with Crippen molar-refractivity contribution in [1.29, 1.82) is 0 Å². The van der Waals surface area contributed by atoms with E-state index in [2.05, 4.69) is 29.2 Å². The molecule has 1 heterocycles. The van der Waals surface area contributed by atoms with Crippen molar-refractivity contribution in [2.75, 3.05) is 46.8 Å². The molecule has 1 amide bonds. The van der Waals surface area contributed by atoms with Gasteiger partial charge in [-0.1, -0.05) is 19.3 Å². The Morgan fingerprint density at radius 2 is 1.87 bits per heavy atom. The van der Waals surface area contributed by atoms with E-state index in [4.69, 9.17) is 5.73 Å². The average molecular weight is 325 g/mol. The SMILES string of the molecule is CN(C)C1CCN(CCNC(=O)CC2(CN)CCCCC2)CC1. The van der Waals surface area contributed by atoms with E-state index < -0.39 is 0 Å². The molecule has 0 unspecified atom stereocenters. The van der Waals surface area contributed by atoms with Gasteiger partial charge in [0.1, 0.15) is 0 Å². The van der Waals surface area contributed by atoms with Crippen LogP contribution in [0.1, 0.15) is 51.4 Å². The highest BCUT2D eigenvalue weighted by Gasteiger charge is 2.32. The lowest BCUT2D eigenvalue weighted by molar-refractivity contribution is -0.123. The molecule has 3 N–H and O–H groups in total. The molecule has 0 radical (unpaired) electrons. The highest BCUT2D eigenvalue weighted by atomic mass is 16.1. The molecule has 0 atom stereocenters. The fourth-order valence-electron chi connectivity index (χ4n) is 4.17. The van der Waals surface area contributed by atoms with E-state index in [0.717, 1.165) is 45.1 Å². The molecular formula is C18H36N4O. The molecule has 1 aliphatic heterocycles. The molecule has 0 aromatic rings. The normalized spacial score (nSPS) is 23.1. The molecule has 0 aromatic carbocycles. The third kappa shape index (κ3) is 5.73. The first-order chi connectivity index (χ1) is 11.0. The van der Waals surface area contributed by atoms with Gasteiger partial charge in [0.15, 0.2) is 0 Å². The highest BCUT2D eigenvalue weighted by Crippen LogP contribution is 2.38. The Hall–Kier alpha value is -0.650. The molecule has 2 fully saturated rings. The van der Waals surface area contributed by atoms with Crippen LogP contribution in [0.2, 0.25) is 0 Å². The molecule has 1 saturated carbocycles. The van der Waals surface area contributed by atoms with Gasteiger partial charge >= 0.3 is 0 Å². The molecule has 5 nitrogen and oxygen atoms in total. The zero-order valence-electron chi connectivity index (χ0n) is 15.1. The number of amides is 1. The van der Waals surface area contributed by atoms with Gasteiger partial charge in [-0.3, -0.25) is 4.79 Å². The highest BCUT2D eigenvalue weighted by molar-refractivity contribution is 5.76. The van der Waals surface area contributed by atoms with Gasteiger partial charge in [0, 0.05) is 25.6 Å². The van der Waals surface area contributed by atoms with Crippen LogP contribution in [-0.2, 0) is 4.79 Å². The number of piperidine rings is 1. The molecule has 0 aromatic heterocycles. The van der Waals surface area contributed by atoms with Crippen molar-refractivity contribution in [3.63, 3.8) is 0 Å².